The molecule has 0 spiro atoms. The van der Waals surface area contributed by atoms with Gasteiger partial charge in [-0.1, -0.05) is 54.6 Å². The summed E-state index contributed by atoms with van der Waals surface area (Å²) in [6.45, 7) is 0. The molecule has 5 heteroatoms. The average molecular weight is 384 g/mol. The van der Waals surface area contributed by atoms with Crippen LogP contribution >= 0.6 is 0 Å². The fourth-order valence-electron chi connectivity index (χ4n) is 3.99. The summed E-state index contributed by atoms with van der Waals surface area (Å²) >= 11 is 0. The molecule has 2 atom stereocenters. The predicted octanol–water partition coefficient (Wildman–Crippen LogP) is 3.88. The van der Waals surface area contributed by atoms with Crippen LogP contribution in [0.4, 0.5) is 0 Å². The first kappa shape index (κ1) is 17.4. The quantitative estimate of drug-likeness (QED) is 0.428. The molecule has 0 saturated heterocycles. The molecule has 0 aliphatic heterocycles. The van der Waals surface area contributed by atoms with Crippen molar-refractivity contribution in [2.45, 2.75) is 12.3 Å². The highest BCUT2D eigenvalue weighted by molar-refractivity contribution is 6.30. The van der Waals surface area contributed by atoms with Gasteiger partial charge in [-0.15, -0.1) is 0 Å². The molecule has 2 unspecified atom stereocenters. The maximum absolute atomic E-state index is 13.0. The van der Waals surface area contributed by atoms with Crippen LogP contribution in [0.3, 0.4) is 0 Å². The minimum Gasteiger partial charge on any atom is -0.507 e. The molecule has 0 bridgehead atoms. The third-order valence-electron chi connectivity index (χ3n) is 5.54. The number of rotatable bonds is 3. The van der Waals surface area contributed by atoms with Gasteiger partial charge in [-0.3, -0.25) is 14.4 Å². The van der Waals surface area contributed by atoms with Gasteiger partial charge < -0.3 is 9.84 Å². The number of carbonyl (C=O) groups excluding carboxylic acids is 3. The van der Waals surface area contributed by atoms with Crippen LogP contribution in [0.2, 0.25) is 0 Å². The lowest BCUT2D eigenvalue weighted by atomic mass is 9.83. The molecule has 0 amide bonds. The molecule has 1 saturated carbocycles. The van der Waals surface area contributed by atoms with E-state index in [9.17, 15) is 19.5 Å². The van der Waals surface area contributed by atoms with Crippen LogP contribution in [0.1, 0.15) is 49.7 Å². The summed E-state index contributed by atoms with van der Waals surface area (Å²) in [6, 6.07) is 18.7. The van der Waals surface area contributed by atoms with E-state index in [1.54, 1.807) is 6.07 Å². The highest BCUT2D eigenvalue weighted by Crippen LogP contribution is 2.48. The number of ketones is 2. The van der Waals surface area contributed by atoms with Crippen molar-refractivity contribution in [1.29, 1.82) is 0 Å². The Labute approximate surface area is 166 Å². The van der Waals surface area contributed by atoms with Crippen LogP contribution in [0.5, 0.6) is 11.5 Å². The van der Waals surface area contributed by atoms with Crippen molar-refractivity contribution in [3.05, 3.63) is 94.5 Å². The molecular weight excluding hydrogens is 368 g/mol. The van der Waals surface area contributed by atoms with E-state index in [1.807, 2.05) is 30.3 Å². The van der Waals surface area contributed by atoms with Crippen molar-refractivity contribution in [2.75, 3.05) is 0 Å². The minimum absolute atomic E-state index is 0.0248. The molecule has 2 aliphatic carbocycles. The molecule has 2 aliphatic rings. The largest absolute Gasteiger partial charge is 0.507 e. The fourth-order valence-corrected chi connectivity index (χ4v) is 3.99. The van der Waals surface area contributed by atoms with E-state index in [1.165, 1.54) is 30.3 Å². The summed E-state index contributed by atoms with van der Waals surface area (Å²) in [5.41, 5.74) is 1.37. The Balaban J connectivity index is 1.47. The van der Waals surface area contributed by atoms with Crippen LogP contribution in [-0.2, 0) is 4.79 Å². The van der Waals surface area contributed by atoms with Crippen molar-refractivity contribution < 1.29 is 24.2 Å². The lowest BCUT2D eigenvalue weighted by Crippen LogP contribution is -2.23. The Morgan fingerprint density at radius 3 is 2.28 bits per heavy atom. The number of benzene rings is 3. The monoisotopic (exact) mass is 384 g/mol. The molecule has 142 valence electrons. The molecule has 0 aromatic heterocycles. The van der Waals surface area contributed by atoms with Gasteiger partial charge in [0.05, 0.1) is 17.0 Å². The van der Waals surface area contributed by atoms with E-state index in [0.29, 0.717) is 6.42 Å². The Bertz CT molecular complexity index is 1180. The molecule has 1 N–H and O–H groups in total. The second-order valence-corrected chi connectivity index (χ2v) is 7.32. The van der Waals surface area contributed by atoms with Gasteiger partial charge in [-0.25, -0.2) is 0 Å². The van der Waals surface area contributed by atoms with Gasteiger partial charge in [-0.05, 0) is 30.0 Å². The number of phenolic OH excluding ortho intramolecular Hbond substituents is 1. The first-order valence-electron chi connectivity index (χ1n) is 9.37. The Morgan fingerprint density at radius 2 is 1.52 bits per heavy atom. The third kappa shape index (κ3) is 2.74. The van der Waals surface area contributed by atoms with Crippen LogP contribution in [0, 0.1) is 5.92 Å². The molecule has 3 aromatic rings. The number of fused-ring (bicyclic) bond motifs is 2. The second-order valence-electron chi connectivity index (χ2n) is 7.32. The summed E-state index contributed by atoms with van der Waals surface area (Å²) in [7, 11) is 0. The van der Waals surface area contributed by atoms with Gasteiger partial charge in [-0.2, -0.15) is 0 Å². The number of ether oxygens (including phenoxy) is 1. The van der Waals surface area contributed by atoms with E-state index >= 15 is 0 Å². The van der Waals surface area contributed by atoms with Gasteiger partial charge >= 0.3 is 5.97 Å². The first-order valence-corrected chi connectivity index (χ1v) is 9.37. The molecular formula is C24H16O5. The number of hydrogen-bond donors (Lipinski definition) is 1. The van der Waals surface area contributed by atoms with Crippen LogP contribution in [-0.4, -0.2) is 22.6 Å². The van der Waals surface area contributed by atoms with Gasteiger partial charge in [0.15, 0.2) is 5.78 Å². The predicted molar refractivity (Wildman–Crippen MR) is 104 cm³/mol. The van der Waals surface area contributed by atoms with Crippen molar-refractivity contribution >= 4 is 17.5 Å². The maximum Gasteiger partial charge on any atom is 0.314 e. The molecule has 0 radical (unpaired) electrons. The van der Waals surface area contributed by atoms with Gasteiger partial charge in [0.25, 0.3) is 0 Å². The highest BCUT2D eigenvalue weighted by Gasteiger charge is 2.46. The number of esters is 1. The molecule has 5 nitrogen and oxygen atoms in total. The number of carbonyl (C=O) groups is 3. The zero-order valence-electron chi connectivity index (χ0n) is 15.3. The average Bonchev–Trinajstić information content (AvgIpc) is 3.53. The summed E-state index contributed by atoms with van der Waals surface area (Å²) in [4.78, 5) is 38.5. The van der Waals surface area contributed by atoms with Gasteiger partial charge in [0, 0.05) is 11.1 Å². The van der Waals surface area contributed by atoms with E-state index in [-0.39, 0.29) is 51.4 Å². The number of phenols is 1. The fraction of sp³-hybridized carbons (Fsp3) is 0.125. The number of hydrogen-bond acceptors (Lipinski definition) is 5. The Hall–Kier alpha value is -3.73. The minimum atomic E-state index is -0.522. The topological polar surface area (TPSA) is 80.7 Å². The molecule has 3 aromatic carbocycles. The zero-order chi connectivity index (χ0) is 20.1. The van der Waals surface area contributed by atoms with Crippen molar-refractivity contribution in [2.24, 2.45) is 5.92 Å². The van der Waals surface area contributed by atoms with E-state index in [2.05, 4.69) is 0 Å². The van der Waals surface area contributed by atoms with Crippen molar-refractivity contribution in [1.82, 2.24) is 0 Å². The summed E-state index contributed by atoms with van der Waals surface area (Å²) in [5, 5.41) is 10.1. The summed E-state index contributed by atoms with van der Waals surface area (Å²) in [5.74, 6) is -1.70. The van der Waals surface area contributed by atoms with E-state index < -0.39 is 11.8 Å². The summed E-state index contributed by atoms with van der Waals surface area (Å²) < 4.78 is 5.57. The third-order valence-corrected chi connectivity index (χ3v) is 5.54. The first-order chi connectivity index (χ1) is 14.1. The lowest BCUT2D eigenvalue weighted by Gasteiger charge is -2.20. The van der Waals surface area contributed by atoms with Crippen LogP contribution in [0.15, 0.2) is 66.7 Å². The smallest absolute Gasteiger partial charge is 0.314 e. The van der Waals surface area contributed by atoms with E-state index in [0.717, 1.165) is 5.56 Å². The molecule has 0 heterocycles. The Morgan fingerprint density at radius 1 is 0.828 bits per heavy atom. The Kier molecular flexibility index (Phi) is 3.84. The highest BCUT2D eigenvalue weighted by atomic mass is 16.5. The normalized spacial score (nSPS) is 19.3. The second kappa shape index (κ2) is 6.41. The summed E-state index contributed by atoms with van der Waals surface area (Å²) in [6.07, 6.45) is 0.689. The van der Waals surface area contributed by atoms with Crippen molar-refractivity contribution in [3.8, 4) is 11.5 Å². The SMILES string of the molecule is O=C1c2cccc(O)c2C(=O)c2c(OC(=O)C3CC3c3ccccc3)cccc21. The standard InChI is InChI=1S/C24H16O5/c25-18-10-4-8-14-20(18)23(27)21-15(22(14)26)9-5-11-19(21)29-24(28)17-12-16(17)13-6-2-1-3-7-13/h1-11,16-17,25H,12H2. The number of aromatic hydroxyl groups is 1. The molecule has 1 fully saturated rings. The van der Waals surface area contributed by atoms with Gasteiger partial charge in [0.1, 0.15) is 11.5 Å². The van der Waals surface area contributed by atoms with Crippen LogP contribution < -0.4 is 4.74 Å². The van der Waals surface area contributed by atoms with E-state index in [4.69, 9.17) is 4.74 Å². The lowest BCUT2D eigenvalue weighted by molar-refractivity contribution is -0.135. The zero-order valence-corrected chi connectivity index (χ0v) is 15.3. The molecule has 5 rings (SSSR count). The maximum atomic E-state index is 13.0. The van der Waals surface area contributed by atoms with Crippen molar-refractivity contribution in [3.63, 3.8) is 0 Å². The molecule has 29 heavy (non-hydrogen) atoms. The van der Waals surface area contributed by atoms with Gasteiger partial charge in [0.2, 0.25) is 5.78 Å². The van der Waals surface area contributed by atoms with Crippen LogP contribution in [0.25, 0.3) is 0 Å².